The lowest BCUT2D eigenvalue weighted by atomic mass is 10.0. The summed E-state index contributed by atoms with van der Waals surface area (Å²) in [5.41, 5.74) is -0.183. The third-order valence-electron chi connectivity index (χ3n) is 1.85. The molecule has 0 saturated carbocycles. The van der Waals surface area contributed by atoms with Crippen molar-refractivity contribution in [1.29, 1.82) is 5.26 Å². The van der Waals surface area contributed by atoms with Gasteiger partial charge in [-0.15, -0.1) is 0 Å². The van der Waals surface area contributed by atoms with Gasteiger partial charge < -0.3 is 0 Å². The van der Waals surface area contributed by atoms with Crippen molar-refractivity contribution >= 4 is 11.3 Å². The maximum atomic E-state index is 12.9. The molecule has 0 radical (unpaired) electrons. The van der Waals surface area contributed by atoms with Crippen LogP contribution < -0.4 is 0 Å². The highest BCUT2D eigenvalue weighted by Gasteiger charge is 2.17. The molecule has 0 aliphatic heterocycles. The molecule has 1 aromatic rings. The number of benzene rings is 1. The Balaban J connectivity index is 3.45. The van der Waals surface area contributed by atoms with Crippen LogP contribution in [-0.2, 0) is 0 Å². The molecule has 0 N–H and O–H groups in total. The predicted molar refractivity (Wildman–Crippen MR) is 52.3 cm³/mol. The summed E-state index contributed by atoms with van der Waals surface area (Å²) in [4.78, 5) is 9.97. The Bertz CT molecular complexity index is 475. The van der Waals surface area contributed by atoms with Gasteiger partial charge >= 0.3 is 0 Å². The van der Waals surface area contributed by atoms with Gasteiger partial charge in [-0.1, -0.05) is 6.08 Å². The van der Waals surface area contributed by atoms with Gasteiger partial charge in [0.25, 0.3) is 5.69 Å². The molecule has 0 unspecified atom stereocenters. The fourth-order valence-electron chi connectivity index (χ4n) is 1.16. The third-order valence-corrected chi connectivity index (χ3v) is 1.85. The topological polar surface area (TPSA) is 66.9 Å². The average molecular weight is 206 g/mol. The number of rotatable bonds is 2. The van der Waals surface area contributed by atoms with Crippen LogP contribution in [0.4, 0.5) is 10.1 Å². The zero-order valence-electron chi connectivity index (χ0n) is 7.90. The lowest BCUT2D eigenvalue weighted by Gasteiger charge is -2.00. The quantitative estimate of drug-likeness (QED) is 0.424. The first-order chi connectivity index (χ1) is 7.10. The SMILES string of the molecule is C/C=C(\C#N)c1cc(F)ccc1[N+](=O)[O-]. The van der Waals surface area contributed by atoms with E-state index >= 15 is 0 Å². The van der Waals surface area contributed by atoms with Gasteiger partial charge in [0, 0.05) is 6.07 Å². The number of hydrogen-bond donors (Lipinski definition) is 0. The smallest absolute Gasteiger partial charge is 0.258 e. The molecule has 15 heavy (non-hydrogen) atoms. The van der Waals surface area contributed by atoms with Crippen LogP contribution in [0.2, 0.25) is 0 Å². The number of halogens is 1. The van der Waals surface area contributed by atoms with Gasteiger partial charge in [-0.3, -0.25) is 10.1 Å². The Morgan fingerprint density at radius 3 is 2.80 bits per heavy atom. The van der Waals surface area contributed by atoms with E-state index in [-0.39, 0.29) is 16.8 Å². The number of nitro benzene ring substituents is 1. The Kier molecular flexibility index (Phi) is 3.13. The number of hydrogen-bond acceptors (Lipinski definition) is 3. The molecular weight excluding hydrogens is 199 g/mol. The van der Waals surface area contributed by atoms with E-state index in [0.29, 0.717) is 0 Å². The molecule has 1 aromatic carbocycles. The van der Waals surface area contributed by atoms with E-state index in [4.69, 9.17) is 5.26 Å². The number of allylic oxidation sites excluding steroid dienone is 2. The van der Waals surface area contributed by atoms with Crippen LogP contribution in [0, 0.1) is 27.3 Å². The number of nitro groups is 1. The van der Waals surface area contributed by atoms with Crippen LogP contribution in [0.1, 0.15) is 12.5 Å². The molecule has 0 heterocycles. The van der Waals surface area contributed by atoms with Gasteiger partial charge in [-0.25, -0.2) is 4.39 Å². The molecule has 0 aliphatic carbocycles. The molecule has 0 spiro atoms. The van der Waals surface area contributed by atoms with Gasteiger partial charge in [-0.05, 0) is 19.1 Å². The molecule has 5 heteroatoms. The van der Waals surface area contributed by atoms with Crippen molar-refractivity contribution in [3.05, 3.63) is 45.8 Å². The van der Waals surface area contributed by atoms with E-state index in [9.17, 15) is 14.5 Å². The lowest BCUT2D eigenvalue weighted by Crippen LogP contribution is -1.95. The van der Waals surface area contributed by atoms with Crippen LogP contribution in [0.25, 0.3) is 5.57 Å². The van der Waals surface area contributed by atoms with Crippen molar-refractivity contribution in [1.82, 2.24) is 0 Å². The summed E-state index contributed by atoms with van der Waals surface area (Å²) in [6.07, 6.45) is 1.40. The summed E-state index contributed by atoms with van der Waals surface area (Å²) in [7, 11) is 0. The van der Waals surface area contributed by atoms with Gasteiger partial charge in [0.2, 0.25) is 0 Å². The van der Waals surface area contributed by atoms with E-state index in [1.807, 2.05) is 0 Å². The van der Waals surface area contributed by atoms with E-state index in [1.165, 1.54) is 6.08 Å². The molecule has 0 aliphatic rings. The normalized spacial score (nSPS) is 10.9. The largest absolute Gasteiger partial charge is 0.278 e. The molecule has 76 valence electrons. The zero-order chi connectivity index (χ0) is 11.4. The standard InChI is InChI=1S/C10H7FN2O2/c1-2-7(6-12)9-5-8(11)3-4-10(9)13(14)15/h2-5H,1H3/b7-2+. The summed E-state index contributed by atoms with van der Waals surface area (Å²) >= 11 is 0. The van der Waals surface area contributed by atoms with Gasteiger partial charge in [-0.2, -0.15) is 5.26 Å². The van der Waals surface area contributed by atoms with Crippen molar-refractivity contribution in [2.24, 2.45) is 0 Å². The first-order valence-electron chi connectivity index (χ1n) is 4.11. The maximum absolute atomic E-state index is 12.9. The van der Waals surface area contributed by atoms with Crippen LogP contribution in [-0.4, -0.2) is 4.92 Å². The molecule has 0 fully saturated rings. The number of nitrogens with zero attached hydrogens (tertiary/aromatic N) is 2. The summed E-state index contributed by atoms with van der Waals surface area (Å²) in [6, 6.07) is 4.80. The lowest BCUT2D eigenvalue weighted by molar-refractivity contribution is -0.385. The molecule has 1 rings (SSSR count). The molecular formula is C10H7FN2O2. The van der Waals surface area contributed by atoms with Crippen LogP contribution in [0.15, 0.2) is 24.3 Å². The van der Waals surface area contributed by atoms with Crippen LogP contribution in [0.3, 0.4) is 0 Å². The Morgan fingerprint density at radius 2 is 2.33 bits per heavy atom. The first-order valence-corrected chi connectivity index (χ1v) is 4.11. The summed E-state index contributed by atoms with van der Waals surface area (Å²) in [5, 5.41) is 19.3. The van der Waals surface area contributed by atoms with Crippen LogP contribution in [0.5, 0.6) is 0 Å². The first kappa shape index (κ1) is 10.9. The molecule has 0 atom stereocenters. The minimum absolute atomic E-state index is 0.00463. The van der Waals surface area contributed by atoms with E-state index < -0.39 is 10.7 Å². The second-order valence-corrected chi connectivity index (χ2v) is 2.73. The van der Waals surface area contributed by atoms with E-state index in [1.54, 1.807) is 13.0 Å². The van der Waals surface area contributed by atoms with Gasteiger partial charge in [0.15, 0.2) is 0 Å². The summed E-state index contributed by atoms with van der Waals surface area (Å²) in [5.74, 6) is -0.606. The zero-order valence-corrected chi connectivity index (χ0v) is 7.90. The molecule has 0 aromatic heterocycles. The van der Waals surface area contributed by atoms with Gasteiger partial charge in [0.1, 0.15) is 5.82 Å². The summed E-state index contributed by atoms with van der Waals surface area (Å²) < 4.78 is 12.9. The monoisotopic (exact) mass is 206 g/mol. The fourth-order valence-corrected chi connectivity index (χ4v) is 1.16. The van der Waals surface area contributed by atoms with Gasteiger partial charge in [0.05, 0.1) is 22.1 Å². The Labute approximate surface area is 85.4 Å². The average Bonchev–Trinajstić information content (AvgIpc) is 2.19. The highest BCUT2D eigenvalue weighted by atomic mass is 19.1. The van der Waals surface area contributed by atoms with Crippen molar-refractivity contribution in [2.75, 3.05) is 0 Å². The minimum Gasteiger partial charge on any atom is -0.258 e. The molecule has 0 amide bonds. The molecule has 4 nitrogen and oxygen atoms in total. The molecule has 0 bridgehead atoms. The maximum Gasteiger partial charge on any atom is 0.278 e. The second kappa shape index (κ2) is 4.33. The highest BCUT2D eigenvalue weighted by molar-refractivity contribution is 5.81. The minimum atomic E-state index is -0.643. The third kappa shape index (κ3) is 2.17. The Morgan fingerprint density at radius 1 is 1.67 bits per heavy atom. The molecule has 0 saturated heterocycles. The van der Waals surface area contributed by atoms with Crippen molar-refractivity contribution in [3.63, 3.8) is 0 Å². The van der Waals surface area contributed by atoms with E-state index in [2.05, 4.69) is 0 Å². The van der Waals surface area contributed by atoms with Crippen LogP contribution >= 0.6 is 0 Å². The highest BCUT2D eigenvalue weighted by Crippen LogP contribution is 2.26. The predicted octanol–water partition coefficient (Wildman–Crippen LogP) is 2.66. The van der Waals surface area contributed by atoms with Crippen molar-refractivity contribution in [2.45, 2.75) is 6.92 Å². The van der Waals surface area contributed by atoms with Crippen molar-refractivity contribution < 1.29 is 9.31 Å². The summed E-state index contributed by atoms with van der Waals surface area (Å²) in [6.45, 7) is 1.56. The second-order valence-electron chi connectivity index (χ2n) is 2.73. The fraction of sp³-hybridized carbons (Fsp3) is 0.100. The van der Waals surface area contributed by atoms with Crippen molar-refractivity contribution in [3.8, 4) is 6.07 Å². The van der Waals surface area contributed by atoms with E-state index in [0.717, 1.165) is 18.2 Å². The Hall–Kier alpha value is -2.22. The number of nitriles is 1.